The van der Waals surface area contributed by atoms with Crippen LogP contribution in [0.2, 0.25) is 0 Å². The highest BCUT2D eigenvalue weighted by atomic mass is 35.5. The van der Waals surface area contributed by atoms with E-state index >= 15 is 0 Å². The number of aromatic nitrogens is 3. The van der Waals surface area contributed by atoms with Crippen LogP contribution in [-0.2, 0) is 13.5 Å². The maximum Gasteiger partial charge on any atom is 0.278 e. The van der Waals surface area contributed by atoms with E-state index in [-0.39, 0.29) is 18.3 Å². The predicted molar refractivity (Wildman–Crippen MR) is 114 cm³/mol. The quantitative estimate of drug-likeness (QED) is 0.627. The Bertz CT molecular complexity index is 914. The van der Waals surface area contributed by atoms with E-state index in [1.54, 1.807) is 34.2 Å². The van der Waals surface area contributed by atoms with Crippen molar-refractivity contribution >= 4 is 45.0 Å². The van der Waals surface area contributed by atoms with Crippen molar-refractivity contribution < 1.29 is 4.79 Å². The molecule has 1 aromatic carbocycles. The zero-order chi connectivity index (χ0) is 18.8. The fraction of sp³-hybridized carbons (Fsp3) is 0.421. The van der Waals surface area contributed by atoms with Crippen molar-refractivity contribution in [2.24, 2.45) is 7.05 Å². The third-order valence-electron chi connectivity index (χ3n) is 4.42. The molecule has 0 aliphatic carbocycles. The van der Waals surface area contributed by atoms with Crippen LogP contribution in [0.5, 0.6) is 0 Å². The van der Waals surface area contributed by atoms with Crippen molar-refractivity contribution in [2.45, 2.75) is 20.3 Å². The molecule has 3 rings (SSSR count). The number of benzene rings is 1. The number of hydrogen-bond donors (Lipinski definition) is 0. The van der Waals surface area contributed by atoms with Gasteiger partial charge in [-0.25, -0.2) is 4.98 Å². The second-order valence-corrected chi connectivity index (χ2v) is 7.72. The van der Waals surface area contributed by atoms with Crippen LogP contribution in [-0.4, -0.2) is 52.8 Å². The molecule has 0 spiro atoms. The molecule has 2 aromatic heterocycles. The van der Waals surface area contributed by atoms with Gasteiger partial charge < -0.3 is 4.90 Å². The molecule has 0 saturated heterocycles. The highest BCUT2D eigenvalue weighted by Gasteiger charge is 2.25. The Hall–Kier alpha value is -1.96. The minimum absolute atomic E-state index is 0. The van der Waals surface area contributed by atoms with Crippen LogP contribution >= 0.6 is 23.7 Å². The number of rotatable bonds is 6. The molecule has 0 bridgehead atoms. The van der Waals surface area contributed by atoms with Crippen LogP contribution in [0.3, 0.4) is 0 Å². The maximum absolute atomic E-state index is 13.3. The van der Waals surface area contributed by atoms with E-state index in [9.17, 15) is 4.79 Å². The molecule has 6 nitrogen and oxygen atoms in total. The van der Waals surface area contributed by atoms with Crippen LogP contribution < -0.4 is 4.90 Å². The zero-order valence-electron chi connectivity index (χ0n) is 16.4. The SMILES string of the molecule is CCc1ccc2nc(N(CCN(C)C)C(=O)c3c(C)cnn3C)sc2c1.Cl. The first-order valence-corrected chi connectivity index (χ1v) is 9.57. The average molecular weight is 408 g/mol. The lowest BCUT2D eigenvalue weighted by molar-refractivity contribution is 0.0975. The fourth-order valence-electron chi connectivity index (χ4n) is 2.86. The minimum Gasteiger partial charge on any atom is -0.308 e. The Morgan fingerprint density at radius 3 is 2.59 bits per heavy atom. The predicted octanol–water partition coefficient (Wildman–Crippen LogP) is 3.53. The van der Waals surface area contributed by atoms with Crippen molar-refractivity contribution in [3.05, 3.63) is 41.2 Å². The number of carbonyl (C=O) groups excluding carboxylic acids is 1. The lowest BCUT2D eigenvalue weighted by atomic mass is 10.2. The molecule has 27 heavy (non-hydrogen) atoms. The molecule has 0 saturated carbocycles. The number of thiazole rings is 1. The largest absolute Gasteiger partial charge is 0.308 e. The Balaban J connectivity index is 0.00000261. The molecule has 1 amide bonds. The van der Waals surface area contributed by atoms with Crippen LogP contribution in [0, 0.1) is 6.92 Å². The van der Waals surface area contributed by atoms with Gasteiger partial charge in [-0.15, -0.1) is 12.4 Å². The van der Waals surface area contributed by atoms with Crippen LogP contribution in [0.1, 0.15) is 28.5 Å². The molecule has 0 aliphatic rings. The Kier molecular flexibility index (Phi) is 6.97. The summed E-state index contributed by atoms with van der Waals surface area (Å²) in [6.07, 6.45) is 2.71. The van der Waals surface area contributed by atoms with Gasteiger partial charge in [-0.2, -0.15) is 5.10 Å². The second-order valence-electron chi connectivity index (χ2n) is 6.71. The Morgan fingerprint density at radius 1 is 1.26 bits per heavy atom. The molecule has 146 valence electrons. The molecule has 0 atom stereocenters. The molecule has 0 N–H and O–H groups in total. The smallest absolute Gasteiger partial charge is 0.278 e. The first kappa shape index (κ1) is 21.3. The average Bonchev–Trinajstić information content (AvgIpc) is 3.16. The van der Waals surface area contributed by atoms with Crippen molar-refractivity contribution in [2.75, 3.05) is 32.1 Å². The number of anilines is 1. The van der Waals surface area contributed by atoms with E-state index in [1.165, 1.54) is 5.56 Å². The summed E-state index contributed by atoms with van der Waals surface area (Å²) in [5.74, 6) is -0.0564. The number of likely N-dealkylation sites (N-methyl/N-ethyl adjacent to an activating group) is 1. The van der Waals surface area contributed by atoms with E-state index in [2.05, 4.69) is 29.1 Å². The molecule has 2 heterocycles. The fourth-order valence-corrected chi connectivity index (χ4v) is 3.91. The number of aryl methyl sites for hydroxylation is 3. The first-order chi connectivity index (χ1) is 12.4. The molecule has 0 unspecified atom stereocenters. The highest BCUT2D eigenvalue weighted by Crippen LogP contribution is 2.30. The van der Waals surface area contributed by atoms with Gasteiger partial charge in [0.1, 0.15) is 5.69 Å². The van der Waals surface area contributed by atoms with Crippen molar-refractivity contribution in [3.8, 4) is 0 Å². The summed E-state index contributed by atoms with van der Waals surface area (Å²) in [4.78, 5) is 21.9. The van der Waals surface area contributed by atoms with Gasteiger partial charge in [-0.3, -0.25) is 14.4 Å². The van der Waals surface area contributed by atoms with Gasteiger partial charge in [0.15, 0.2) is 5.13 Å². The summed E-state index contributed by atoms with van der Waals surface area (Å²) in [6.45, 7) is 5.40. The summed E-state index contributed by atoms with van der Waals surface area (Å²) in [7, 11) is 5.81. The number of fused-ring (bicyclic) bond motifs is 1. The lowest BCUT2D eigenvalue weighted by Crippen LogP contribution is -2.38. The van der Waals surface area contributed by atoms with Gasteiger partial charge in [0.05, 0.1) is 16.4 Å². The van der Waals surface area contributed by atoms with E-state index in [4.69, 9.17) is 4.98 Å². The van der Waals surface area contributed by atoms with Gasteiger partial charge in [-0.1, -0.05) is 24.3 Å². The summed E-state index contributed by atoms with van der Waals surface area (Å²) >= 11 is 1.57. The molecule has 0 fully saturated rings. The molecule has 0 radical (unpaired) electrons. The van der Waals surface area contributed by atoms with E-state index < -0.39 is 0 Å². The van der Waals surface area contributed by atoms with Crippen LogP contribution in [0.25, 0.3) is 10.2 Å². The van der Waals surface area contributed by atoms with Crippen LogP contribution in [0.4, 0.5) is 5.13 Å². The van der Waals surface area contributed by atoms with Gasteiger partial charge in [0.2, 0.25) is 0 Å². The monoisotopic (exact) mass is 407 g/mol. The van der Waals surface area contributed by atoms with Crippen molar-refractivity contribution in [1.29, 1.82) is 0 Å². The standard InChI is InChI=1S/C19H25N5OS.ClH/c1-6-14-7-8-15-16(11-14)26-19(21-15)24(10-9-22(3)4)18(25)17-13(2)12-20-23(17)5;/h7-8,11-12H,6,9-10H2,1-5H3;1H. The van der Waals surface area contributed by atoms with Crippen molar-refractivity contribution in [1.82, 2.24) is 19.7 Å². The number of nitrogens with zero attached hydrogens (tertiary/aromatic N) is 5. The third-order valence-corrected chi connectivity index (χ3v) is 5.46. The first-order valence-electron chi connectivity index (χ1n) is 8.75. The third kappa shape index (κ3) is 4.48. The molecule has 8 heteroatoms. The Labute approximate surface area is 170 Å². The molecular weight excluding hydrogens is 382 g/mol. The van der Waals surface area contributed by atoms with Gasteiger partial charge in [0, 0.05) is 20.1 Å². The summed E-state index contributed by atoms with van der Waals surface area (Å²) in [5.41, 5.74) is 3.70. The van der Waals surface area contributed by atoms with Crippen LogP contribution in [0.15, 0.2) is 24.4 Å². The molecule has 3 aromatic rings. The number of hydrogen-bond acceptors (Lipinski definition) is 5. The van der Waals surface area contributed by atoms with Gasteiger partial charge in [-0.05, 0) is 50.7 Å². The van der Waals surface area contributed by atoms with E-state index in [1.807, 2.05) is 27.1 Å². The topological polar surface area (TPSA) is 54.3 Å². The summed E-state index contributed by atoms with van der Waals surface area (Å²) in [5, 5.41) is 4.95. The molecule has 0 aliphatic heterocycles. The van der Waals surface area contributed by atoms with Gasteiger partial charge in [0.25, 0.3) is 5.91 Å². The Morgan fingerprint density at radius 2 is 2.00 bits per heavy atom. The lowest BCUT2D eigenvalue weighted by Gasteiger charge is -2.22. The van der Waals surface area contributed by atoms with Gasteiger partial charge >= 0.3 is 0 Å². The molecular formula is C19H26ClN5OS. The summed E-state index contributed by atoms with van der Waals surface area (Å²) in [6, 6.07) is 6.31. The minimum atomic E-state index is -0.0564. The van der Waals surface area contributed by atoms with E-state index in [0.717, 1.165) is 33.9 Å². The number of amides is 1. The van der Waals surface area contributed by atoms with E-state index in [0.29, 0.717) is 12.2 Å². The maximum atomic E-state index is 13.3. The summed E-state index contributed by atoms with van der Waals surface area (Å²) < 4.78 is 2.76. The number of halogens is 1. The normalized spacial score (nSPS) is 11.0. The van der Waals surface area contributed by atoms with Crippen molar-refractivity contribution in [3.63, 3.8) is 0 Å². The number of carbonyl (C=O) groups is 1. The zero-order valence-corrected chi connectivity index (χ0v) is 18.0. The second kappa shape index (κ2) is 8.82. The highest BCUT2D eigenvalue weighted by molar-refractivity contribution is 7.22.